The molecule has 0 aliphatic heterocycles. The molecule has 0 rings (SSSR count). The highest BCUT2D eigenvalue weighted by Gasteiger charge is 2.07. The van der Waals surface area contributed by atoms with Gasteiger partial charge in [-0.3, -0.25) is 0 Å². The minimum Gasteiger partial charge on any atom is -0.327 e. The van der Waals surface area contributed by atoms with Crippen LogP contribution in [0.1, 0.15) is 13.8 Å². The molecule has 0 aliphatic rings. The van der Waals surface area contributed by atoms with Crippen LogP contribution in [0.15, 0.2) is 0 Å². The fourth-order valence-corrected chi connectivity index (χ4v) is 0.470. The Bertz CT molecular complexity index is 51.5. The summed E-state index contributed by atoms with van der Waals surface area (Å²) < 4.78 is 0. The summed E-state index contributed by atoms with van der Waals surface area (Å²) in [5, 5.41) is 0. The second-order valence-corrected chi connectivity index (χ2v) is 2.56. The zero-order valence-corrected chi connectivity index (χ0v) is 6.18. The monoisotopic (exact) mass is 116 g/mol. The van der Waals surface area contributed by atoms with Gasteiger partial charge in [-0.25, -0.2) is 0 Å². The van der Waals surface area contributed by atoms with Crippen molar-refractivity contribution >= 4 is 0 Å². The van der Waals surface area contributed by atoms with Gasteiger partial charge in [0.2, 0.25) is 0 Å². The molecule has 2 heteroatoms. The minimum atomic E-state index is 0.269. The van der Waals surface area contributed by atoms with Crippen molar-refractivity contribution < 1.29 is 0 Å². The number of nitrogens with two attached hydrogens (primary N) is 1. The van der Waals surface area contributed by atoms with E-state index in [1.807, 2.05) is 21.0 Å². The maximum absolute atomic E-state index is 5.60. The van der Waals surface area contributed by atoms with Crippen molar-refractivity contribution in [2.24, 2.45) is 5.73 Å². The highest BCUT2D eigenvalue weighted by atomic mass is 15.1. The van der Waals surface area contributed by atoms with Gasteiger partial charge in [-0.2, -0.15) is 0 Å². The molecule has 0 saturated carbocycles. The summed E-state index contributed by atoms with van der Waals surface area (Å²) in [5.74, 6) is 0. The van der Waals surface area contributed by atoms with Crippen LogP contribution in [0, 0.1) is 0 Å². The van der Waals surface area contributed by atoms with Gasteiger partial charge < -0.3 is 10.6 Å². The van der Waals surface area contributed by atoms with E-state index in [1.54, 1.807) is 0 Å². The Morgan fingerprint density at radius 1 is 1.25 bits per heavy atom. The average molecular weight is 116 g/mol. The molecule has 0 heterocycles. The first-order valence-electron chi connectivity index (χ1n) is 2.97. The minimum absolute atomic E-state index is 0.269. The Morgan fingerprint density at radius 2 is 1.62 bits per heavy atom. The Kier molecular flexibility index (Phi) is 3.02. The summed E-state index contributed by atoms with van der Waals surface area (Å²) >= 11 is 0. The standard InChI is InChI=1S/C6H16N2/c1-5(7)6(2)8(3)4/h5-6H,7H2,1-4H3/t5-,6+/m1/s1. The van der Waals surface area contributed by atoms with Gasteiger partial charge in [-0.1, -0.05) is 0 Å². The fraction of sp³-hybridized carbons (Fsp3) is 1.00. The number of hydrogen-bond acceptors (Lipinski definition) is 2. The van der Waals surface area contributed by atoms with Crippen molar-refractivity contribution in [3.8, 4) is 0 Å². The molecule has 0 amide bonds. The van der Waals surface area contributed by atoms with Gasteiger partial charge in [-0.15, -0.1) is 0 Å². The molecule has 0 spiro atoms. The molecule has 50 valence electrons. The van der Waals surface area contributed by atoms with Crippen LogP contribution in [0.5, 0.6) is 0 Å². The van der Waals surface area contributed by atoms with E-state index >= 15 is 0 Å². The second kappa shape index (κ2) is 3.05. The Hall–Kier alpha value is -0.0800. The van der Waals surface area contributed by atoms with Crippen LogP contribution >= 0.6 is 0 Å². The molecule has 0 aromatic carbocycles. The predicted octanol–water partition coefficient (Wildman–Crippen LogP) is 0.284. The molecule has 0 aromatic rings. The lowest BCUT2D eigenvalue weighted by Crippen LogP contribution is -2.39. The van der Waals surface area contributed by atoms with Crippen LogP contribution in [0.3, 0.4) is 0 Å². The first-order chi connectivity index (χ1) is 3.55. The van der Waals surface area contributed by atoms with E-state index in [1.165, 1.54) is 0 Å². The van der Waals surface area contributed by atoms with Crippen molar-refractivity contribution in [1.82, 2.24) is 4.90 Å². The van der Waals surface area contributed by atoms with Gasteiger partial charge in [0, 0.05) is 12.1 Å². The zero-order valence-electron chi connectivity index (χ0n) is 6.18. The normalized spacial score (nSPS) is 18.8. The van der Waals surface area contributed by atoms with Crippen LogP contribution in [0.4, 0.5) is 0 Å². The summed E-state index contributed by atoms with van der Waals surface area (Å²) in [6.07, 6.45) is 0. The molecule has 2 nitrogen and oxygen atoms in total. The zero-order chi connectivity index (χ0) is 6.73. The maximum atomic E-state index is 5.60. The van der Waals surface area contributed by atoms with Crippen LogP contribution in [0.2, 0.25) is 0 Å². The van der Waals surface area contributed by atoms with E-state index in [0.29, 0.717) is 6.04 Å². The molecular formula is C6H16N2. The summed E-state index contributed by atoms with van der Waals surface area (Å²) in [4.78, 5) is 2.12. The third-order valence-corrected chi connectivity index (χ3v) is 1.58. The summed E-state index contributed by atoms with van der Waals surface area (Å²) in [6, 6.07) is 0.750. The SMILES string of the molecule is C[C@@H](N)[C@H](C)N(C)C. The maximum Gasteiger partial charge on any atom is 0.0210 e. The number of hydrogen-bond donors (Lipinski definition) is 1. The van der Waals surface area contributed by atoms with E-state index in [0.717, 1.165) is 0 Å². The van der Waals surface area contributed by atoms with Crippen LogP contribution in [0.25, 0.3) is 0 Å². The number of likely N-dealkylation sites (N-methyl/N-ethyl adjacent to an activating group) is 1. The quantitative estimate of drug-likeness (QED) is 0.561. The molecule has 0 saturated heterocycles. The molecule has 0 bridgehead atoms. The topological polar surface area (TPSA) is 29.3 Å². The van der Waals surface area contributed by atoms with Gasteiger partial charge in [0.15, 0.2) is 0 Å². The number of rotatable bonds is 2. The molecule has 0 unspecified atom stereocenters. The van der Waals surface area contributed by atoms with Gasteiger partial charge >= 0.3 is 0 Å². The second-order valence-electron chi connectivity index (χ2n) is 2.56. The Morgan fingerprint density at radius 3 is 1.62 bits per heavy atom. The highest BCUT2D eigenvalue weighted by molar-refractivity contribution is 4.68. The third kappa shape index (κ3) is 2.28. The predicted molar refractivity (Wildman–Crippen MR) is 36.8 cm³/mol. The molecule has 8 heavy (non-hydrogen) atoms. The Balaban J connectivity index is 3.46. The number of nitrogens with zero attached hydrogens (tertiary/aromatic N) is 1. The van der Waals surface area contributed by atoms with Gasteiger partial charge in [-0.05, 0) is 27.9 Å². The lowest BCUT2D eigenvalue weighted by atomic mass is 10.2. The summed E-state index contributed by atoms with van der Waals surface area (Å²) in [6.45, 7) is 4.13. The van der Waals surface area contributed by atoms with Crippen molar-refractivity contribution in [3.05, 3.63) is 0 Å². The van der Waals surface area contributed by atoms with Crippen LogP contribution in [-0.4, -0.2) is 31.1 Å². The smallest absolute Gasteiger partial charge is 0.0210 e. The Labute approximate surface area is 51.7 Å². The molecule has 0 aromatic heterocycles. The lowest BCUT2D eigenvalue weighted by molar-refractivity contribution is 0.281. The average Bonchev–Trinajstić information content (AvgIpc) is 1.64. The summed E-state index contributed by atoms with van der Waals surface area (Å²) in [7, 11) is 4.07. The molecule has 2 atom stereocenters. The van der Waals surface area contributed by atoms with Crippen molar-refractivity contribution in [2.75, 3.05) is 14.1 Å². The van der Waals surface area contributed by atoms with E-state index in [9.17, 15) is 0 Å². The molecule has 0 radical (unpaired) electrons. The van der Waals surface area contributed by atoms with Gasteiger partial charge in [0.25, 0.3) is 0 Å². The van der Waals surface area contributed by atoms with E-state index in [-0.39, 0.29) is 6.04 Å². The van der Waals surface area contributed by atoms with Crippen molar-refractivity contribution in [2.45, 2.75) is 25.9 Å². The summed E-state index contributed by atoms with van der Waals surface area (Å²) in [5.41, 5.74) is 5.60. The molecule has 2 N–H and O–H groups in total. The van der Waals surface area contributed by atoms with E-state index < -0.39 is 0 Å². The van der Waals surface area contributed by atoms with Crippen LogP contribution < -0.4 is 5.73 Å². The molecular weight excluding hydrogens is 100 g/mol. The van der Waals surface area contributed by atoms with E-state index in [4.69, 9.17) is 5.73 Å². The molecule has 0 fully saturated rings. The van der Waals surface area contributed by atoms with Gasteiger partial charge in [0.05, 0.1) is 0 Å². The van der Waals surface area contributed by atoms with Gasteiger partial charge in [0.1, 0.15) is 0 Å². The fourth-order valence-electron chi connectivity index (χ4n) is 0.470. The third-order valence-electron chi connectivity index (χ3n) is 1.58. The largest absolute Gasteiger partial charge is 0.327 e. The first-order valence-corrected chi connectivity index (χ1v) is 2.97. The van der Waals surface area contributed by atoms with Crippen molar-refractivity contribution in [1.29, 1.82) is 0 Å². The molecule has 0 aliphatic carbocycles. The van der Waals surface area contributed by atoms with E-state index in [2.05, 4.69) is 11.8 Å². The van der Waals surface area contributed by atoms with Crippen molar-refractivity contribution in [3.63, 3.8) is 0 Å². The first kappa shape index (κ1) is 7.92. The van der Waals surface area contributed by atoms with Crippen LogP contribution in [-0.2, 0) is 0 Å². The highest BCUT2D eigenvalue weighted by Crippen LogP contribution is 1.93. The lowest BCUT2D eigenvalue weighted by Gasteiger charge is -2.22.